The lowest BCUT2D eigenvalue weighted by Gasteiger charge is -2.28. The molecule has 2 N–H and O–H groups in total. The fraction of sp³-hybridized carbons (Fsp3) is 0.571. The Hall–Kier alpha value is -1.42. The Morgan fingerprint density at radius 2 is 1.67 bits per heavy atom. The molecule has 0 radical (unpaired) electrons. The average Bonchev–Trinajstić information content (AvgIpc) is 2.35. The Kier molecular flexibility index (Phi) is 4.84. The van der Waals surface area contributed by atoms with Crippen molar-refractivity contribution < 1.29 is 14.6 Å². The minimum atomic E-state index is -0.754. The van der Waals surface area contributed by atoms with Crippen molar-refractivity contribution in [3.63, 3.8) is 0 Å². The zero-order valence-electron chi connectivity index (χ0n) is 11.8. The van der Waals surface area contributed by atoms with E-state index in [9.17, 15) is 5.11 Å². The topological polar surface area (TPSA) is 50.7 Å². The molecule has 102 valence electrons. The van der Waals surface area contributed by atoms with Crippen LogP contribution in [0.2, 0.25) is 0 Å². The van der Waals surface area contributed by atoms with Crippen LogP contribution in [0.5, 0.6) is 11.5 Å². The molecule has 0 saturated heterocycles. The molecule has 4 nitrogen and oxygen atoms in total. The van der Waals surface area contributed by atoms with Crippen LogP contribution in [0.4, 0.5) is 5.69 Å². The molecule has 0 aromatic heterocycles. The van der Waals surface area contributed by atoms with Crippen LogP contribution < -0.4 is 14.8 Å². The smallest absolute Gasteiger partial charge is 0.124 e. The SMILES string of the molecule is COc1cc(NCC(C)(O)C(C)C)cc(OC)c1. The molecule has 0 fully saturated rings. The van der Waals surface area contributed by atoms with E-state index < -0.39 is 5.60 Å². The van der Waals surface area contributed by atoms with Gasteiger partial charge < -0.3 is 19.9 Å². The van der Waals surface area contributed by atoms with Crippen LogP contribution in [-0.4, -0.2) is 31.5 Å². The first-order valence-corrected chi connectivity index (χ1v) is 6.08. The Bertz CT molecular complexity index is 366. The van der Waals surface area contributed by atoms with E-state index in [0.29, 0.717) is 6.54 Å². The number of ether oxygens (including phenoxy) is 2. The molecule has 0 bridgehead atoms. The highest BCUT2D eigenvalue weighted by Crippen LogP contribution is 2.26. The molecular formula is C14H23NO3. The maximum atomic E-state index is 10.2. The first-order chi connectivity index (χ1) is 8.39. The average molecular weight is 253 g/mol. The summed E-state index contributed by atoms with van der Waals surface area (Å²) in [6, 6.07) is 5.56. The molecule has 0 saturated carbocycles. The zero-order valence-corrected chi connectivity index (χ0v) is 11.8. The van der Waals surface area contributed by atoms with Crippen molar-refractivity contribution >= 4 is 5.69 Å². The van der Waals surface area contributed by atoms with E-state index in [-0.39, 0.29) is 5.92 Å². The summed E-state index contributed by atoms with van der Waals surface area (Å²) in [5, 5.41) is 13.4. The molecule has 0 heterocycles. The second-order valence-electron chi connectivity index (χ2n) is 4.97. The van der Waals surface area contributed by atoms with Crippen LogP contribution in [0.3, 0.4) is 0 Å². The fourth-order valence-corrected chi connectivity index (χ4v) is 1.39. The number of aliphatic hydroxyl groups is 1. The summed E-state index contributed by atoms with van der Waals surface area (Å²) in [5.74, 6) is 1.62. The zero-order chi connectivity index (χ0) is 13.8. The summed E-state index contributed by atoms with van der Waals surface area (Å²) in [4.78, 5) is 0. The molecule has 1 unspecified atom stereocenters. The number of hydrogen-bond donors (Lipinski definition) is 2. The number of benzene rings is 1. The number of methoxy groups -OCH3 is 2. The minimum absolute atomic E-state index is 0.178. The van der Waals surface area contributed by atoms with E-state index in [2.05, 4.69) is 5.32 Å². The number of rotatable bonds is 6. The van der Waals surface area contributed by atoms with Crippen LogP contribution in [0, 0.1) is 5.92 Å². The Labute approximate surface area is 109 Å². The number of nitrogens with one attached hydrogen (secondary N) is 1. The molecule has 1 aromatic rings. The lowest BCUT2D eigenvalue weighted by Crippen LogP contribution is -2.38. The van der Waals surface area contributed by atoms with Crippen molar-refractivity contribution in [3.8, 4) is 11.5 Å². The van der Waals surface area contributed by atoms with E-state index in [1.54, 1.807) is 14.2 Å². The summed E-state index contributed by atoms with van der Waals surface area (Å²) < 4.78 is 10.4. The van der Waals surface area contributed by atoms with Crippen molar-refractivity contribution in [1.29, 1.82) is 0 Å². The van der Waals surface area contributed by atoms with E-state index in [4.69, 9.17) is 9.47 Å². The van der Waals surface area contributed by atoms with E-state index in [1.165, 1.54) is 0 Å². The molecule has 0 aliphatic heterocycles. The van der Waals surface area contributed by atoms with Crippen LogP contribution in [0.15, 0.2) is 18.2 Å². The highest BCUT2D eigenvalue weighted by Gasteiger charge is 2.24. The predicted octanol–water partition coefficient (Wildman–Crippen LogP) is 2.52. The molecular weight excluding hydrogens is 230 g/mol. The van der Waals surface area contributed by atoms with Gasteiger partial charge in [-0.25, -0.2) is 0 Å². The minimum Gasteiger partial charge on any atom is -0.497 e. The molecule has 18 heavy (non-hydrogen) atoms. The molecule has 0 amide bonds. The van der Waals surface area contributed by atoms with E-state index >= 15 is 0 Å². The quantitative estimate of drug-likeness (QED) is 0.818. The lowest BCUT2D eigenvalue weighted by atomic mass is 9.92. The standard InChI is InChI=1S/C14H23NO3/c1-10(2)14(3,16)9-15-11-6-12(17-4)8-13(7-11)18-5/h6-8,10,15-16H,9H2,1-5H3. The molecule has 0 aliphatic carbocycles. The van der Waals surface area contributed by atoms with Gasteiger partial charge in [0.25, 0.3) is 0 Å². The van der Waals surface area contributed by atoms with Crippen LogP contribution >= 0.6 is 0 Å². The maximum Gasteiger partial charge on any atom is 0.124 e. The van der Waals surface area contributed by atoms with Gasteiger partial charge in [-0.15, -0.1) is 0 Å². The summed E-state index contributed by atoms with van der Waals surface area (Å²) in [7, 11) is 3.23. The van der Waals surface area contributed by atoms with Crippen molar-refractivity contribution in [2.24, 2.45) is 5.92 Å². The van der Waals surface area contributed by atoms with Gasteiger partial charge in [-0.3, -0.25) is 0 Å². The lowest BCUT2D eigenvalue weighted by molar-refractivity contribution is 0.0266. The maximum absolute atomic E-state index is 10.2. The summed E-state index contributed by atoms with van der Waals surface area (Å²) in [6.07, 6.45) is 0. The molecule has 4 heteroatoms. The molecule has 0 aliphatic rings. The van der Waals surface area contributed by atoms with Crippen LogP contribution in [-0.2, 0) is 0 Å². The fourth-order valence-electron chi connectivity index (χ4n) is 1.39. The van der Waals surface area contributed by atoms with Gasteiger partial charge in [0.2, 0.25) is 0 Å². The third kappa shape index (κ3) is 3.81. The number of anilines is 1. The van der Waals surface area contributed by atoms with Gasteiger partial charge in [-0.05, 0) is 12.8 Å². The summed E-state index contributed by atoms with van der Waals surface area (Å²) in [6.45, 7) is 6.28. The van der Waals surface area contributed by atoms with Crippen LogP contribution in [0.25, 0.3) is 0 Å². The first kappa shape index (κ1) is 14.6. The highest BCUT2D eigenvalue weighted by atomic mass is 16.5. The first-order valence-electron chi connectivity index (χ1n) is 6.08. The van der Waals surface area contributed by atoms with Gasteiger partial charge in [0, 0.05) is 30.4 Å². The van der Waals surface area contributed by atoms with Crippen molar-refractivity contribution in [2.75, 3.05) is 26.1 Å². The molecule has 1 rings (SSSR count). The normalized spacial score (nSPS) is 14.2. The largest absolute Gasteiger partial charge is 0.497 e. The predicted molar refractivity (Wildman–Crippen MR) is 73.5 cm³/mol. The Morgan fingerprint density at radius 1 is 1.17 bits per heavy atom. The molecule has 1 atom stereocenters. The second-order valence-corrected chi connectivity index (χ2v) is 4.97. The van der Waals surface area contributed by atoms with Gasteiger partial charge >= 0.3 is 0 Å². The third-order valence-electron chi connectivity index (χ3n) is 3.25. The van der Waals surface area contributed by atoms with Crippen molar-refractivity contribution in [1.82, 2.24) is 0 Å². The summed E-state index contributed by atoms with van der Waals surface area (Å²) >= 11 is 0. The third-order valence-corrected chi connectivity index (χ3v) is 3.25. The van der Waals surface area contributed by atoms with Gasteiger partial charge in [0.1, 0.15) is 11.5 Å². The molecule has 1 aromatic carbocycles. The van der Waals surface area contributed by atoms with Gasteiger partial charge in [0.05, 0.1) is 19.8 Å². The van der Waals surface area contributed by atoms with Gasteiger partial charge in [-0.2, -0.15) is 0 Å². The summed E-state index contributed by atoms with van der Waals surface area (Å²) in [5.41, 5.74) is 0.114. The van der Waals surface area contributed by atoms with E-state index in [1.807, 2.05) is 39.0 Å². The number of hydrogen-bond acceptors (Lipinski definition) is 4. The van der Waals surface area contributed by atoms with Crippen molar-refractivity contribution in [2.45, 2.75) is 26.4 Å². The van der Waals surface area contributed by atoms with E-state index in [0.717, 1.165) is 17.2 Å². The van der Waals surface area contributed by atoms with Gasteiger partial charge in [0.15, 0.2) is 0 Å². The van der Waals surface area contributed by atoms with Gasteiger partial charge in [-0.1, -0.05) is 13.8 Å². The Morgan fingerprint density at radius 3 is 2.06 bits per heavy atom. The monoisotopic (exact) mass is 253 g/mol. The van der Waals surface area contributed by atoms with Crippen molar-refractivity contribution in [3.05, 3.63) is 18.2 Å². The van der Waals surface area contributed by atoms with Crippen LogP contribution in [0.1, 0.15) is 20.8 Å². The molecule has 0 spiro atoms. The second kappa shape index (κ2) is 5.96. The Balaban J connectivity index is 2.78. The highest BCUT2D eigenvalue weighted by molar-refractivity contribution is 5.53.